The van der Waals surface area contributed by atoms with E-state index in [9.17, 15) is 4.79 Å². The number of ether oxygens (including phenoxy) is 2. The van der Waals surface area contributed by atoms with Crippen molar-refractivity contribution in [3.05, 3.63) is 33.5 Å². The molecule has 4 rings (SSSR count). The van der Waals surface area contributed by atoms with E-state index in [1.165, 1.54) is 22.7 Å². The molecule has 1 N–H and O–H groups in total. The fourth-order valence-corrected chi connectivity index (χ4v) is 3.78. The van der Waals surface area contributed by atoms with E-state index in [0.717, 1.165) is 10.2 Å². The van der Waals surface area contributed by atoms with E-state index < -0.39 is 0 Å². The molecular formula is C13H7ClN2O3S2. The Bertz CT molecular complexity index is 817. The predicted octanol–water partition coefficient (Wildman–Crippen LogP) is 3.99. The number of halogens is 1. The van der Waals surface area contributed by atoms with Crippen molar-refractivity contribution in [2.45, 2.75) is 0 Å². The molecule has 5 nitrogen and oxygen atoms in total. The number of hydrogen-bond donors (Lipinski definition) is 1. The van der Waals surface area contributed by atoms with Gasteiger partial charge in [-0.2, -0.15) is 0 Å². The second-order valence-electron chi connectivity index (χ2n) is 4.25. The van der Waals surface area contributed by atoms with Crippen molar-refractivity contribution < 1.29 is 14.3 Å². The van der Waals surface area contributed by atoms with Gasteiger partial charge in [0.1, 0.15) is 0 Å². The van der Waals surface area contributed by atoms with Gasteiger partial charge in [-0.25, -0.2) is 4.98 Å². The molecule has 0 saturated carbocycles. The Labute approximate surface area is 132 Å². The minimum Gasteiger partial charge on any atom is -0.454 e. The molecule has 0 saturated heterocycles. The Morgan fingerprint density at radius 2 is 2.05 bits per heavy atom. The van der Waals surface area contributed by atoms with Gasteiger partial charge < -0.3 is 9.47 Å². The highest BCUT2D eigenvalue weighted by molar-refractivity contribution is 7.22. The molecule has 3 aromatic rings. The van der Waals surface area contributed by atoms with Crippen LogP contribution in [0.4, 0.5) is 5.13 Å². The fourth-order valence-electron chi connectivity index (χ4n) is 1.97. The third-order valence-corrected chi connectivity index (χ3v) is 5.06. The van der Waals surface area contributed by atoms with Crippen LogP contribution in [0.3, 0.4) is 0 Å². The summed E-state index contributed by atoms with van der Waals surface area (Å²) in [5.74, 6) is 1.16. The van der Waals surface area contributed by atoms with Crippen LogP contribution in [0.5, 0.6) is 11.5 Å². The molecule has 8 heteroatoms. The lowest BCUT2D eigenvalue weighted by molar-refractivity contribution is 0.103. The van der Waals surface area contributed by atoms with Gasteiger partial charge in [0.05, 0.1) is 19.4 Å². The highest BCUT2D eigenvalue weighted by Crippen LogP contribution is 2.39. The second-order valence-corrected chi connectivity index (χ2v) is 7.00. The molecule has 0 spiro atoms. The van der Waals surface area contributed by atoms with Gasteiger partial charge in [-0.15, -0.1) is 11.3 Å². The maximum Gasteiger partial charge on any atom is 0.267 e. The number of nitrogens with zero attached hydrogens (tertiary/aromatic N) is 1. The number of amides is 1. The van der Waals surface area contributed by atoms with Crippen molar-refractivity contribution in [3.63, 3.8) is 0 Å². The van der Waals surface area contributed by atoms with Gasteiger partial charge in [-0.3, -0.25) is 10.1 Å². The zero-order valence-corrected chi connectivity index (χ0v) is 12.8. The minimum atomic E-state index is -0.217. The van der Waals surface area contributed by atoms with Crippen LogP contribution in [0.2, 0.25) is 4.34 Å². The highest BCUT2D eigenvalue weighted by Gasteiger charge is 2.17. The van der Waals surface area contributed by atoms with E-state index in [1.54, 1.807) is 12.1 Å². The molecule has 2 aromatic heterocycles. The molecule has 0 aliphatic carbocycles. The van der Waals surface area contributed by atoms with E-state index >= 15 is 0 Å². The summed E-state index contributed by atoms with van der Waals surface area (Å²) in [6.07, 6.45) is 0. The van der Waals surface area contributed by atoms with Crippen molar-refractivity contribution in [2.75, 3.05) is 12.1 Å². The molecular weight excluding hydrogens is 332 g/mol. The standard InChI is InChI=1S/C13H7ClN2O3S2/c14-11-2-1-9(20-11)12(17)16-13-15-6-3-7-8(19-5-18-7)4-10(6)21-13/h1-4H,5H2,(H,15,16,17). The zero-order chi connectivity index (χ0) is 14.4. The first-order valence-corrected chi connectivity index (χ1v) is 7.97. The topological polar surface area (TPSA) is 60.5 Å². The number of carbonyl (C=O) groups excluding carboxylic acids is 1. The van der Waals surface area contributed by atoms with E-state index in [-0.39, 0.29) is 12.7 Å². The lowest BCUT2D eigenvalue weighted by atomic mass is 10.3. The zero-order valence-electron chi connectivity index (χ0n) is 10.4. The number of aromatic nitrogens is 1. The first-order valence-electron chi connectivity index (χ1n) is 5.96. The van der Waals surface area contributed by atoms with Crippen molar-refractivity contribution >= 4 is 55.5 Å². The number of fused-ring (bicyclic) bond motifs is 2. The van der Waals surface area contributed by atoms with Crippen LogP contribution < -0.4 is 14.8 Å². The van der Waals surface area contributed by atoms with Gasteiger partial charge in [-0.1, -0.05) is 22.9 Å². The Morgan fingerprint density at radius 1 is 1.24 bits per heavy atom. The average Bonchev–Trinajstić information content (AvgIpc) is 3.14. The van der Waals surface area contributed by atoms with Crippen molar-refractivity contribution in [3.8, 4) is 11.5 Å². The van der Waals surface area contributed by atoms with Crippen molar-refractivity contribution in [1.29, 1.82) is 0 Å². The van der Waals surface area contributed by atoms with E-state index in [2.05, 4.69) is 10.3 Å². The summed E-state index contributed by atoms with van der Waals surface area (Å²) < 4.78 is 12.1. The SMILES string of the molecule is O=C(Nc1nc2cc3c(cc2s1)OCO3)c1ccc(Cl)s1. The normalized spacial score (nSPS) is 12.8. The summed E-state index contributed by atoms with van der Waals surface area (Å²) >= 11 is 8.44. The number of nitrogens with one attached hydrogen (secondary N) is 1. The lowest BCUT2D eigenvalue weighted by Crippen LogP contribution is -2.09. The number of thiazole rings is 1. The number of hydrogen-bond acceptors (Lipinski definition) is 6. The molecule has 21 heavy (non-hydrogen) atoms. The van der Waals surface area contributed by atoms with Crippen LogP contribution in [0.25, 0.3) is 10.2 Å². The number of anilines is 1. The number of rotatable bonds is 2. The Hall–Kier alpha value is -1.83. The molecule has 0 fully saturated rings. The second kappa shape index (κ2) is 4.87. The summed E-state index contributed by atoms with van der Waals surface area (Å²) in [6, 6.07) is 7.06. The third-order valence-electron chi connectivity index (χ3n) is 2.90. The lowest BCUT2D eigenvalue weighted by Gasteiger charge is -1.96. The van der Waals surface area contributed by atoms with Crippen LogP contribution >= 0.6 is 34.3 Å². The van der Waals surface area contributed by atoms with Gasteiger partial charge >= 0.3 is 0 Å². The van der Waals surface area contributed by atoms with Crippen molar-refractivity contribution in [2.24, 2.45) is 0 Å². The average molecular weight is 339 g/mol. The molecule has 106 valence electrons. The Balaban J connectivity index is 1.64. The number of carbonyl (C=O) groups is 1. The minimum absolute atomic E-state index is 0.217. The first-order chi connectivity index (χ1) is 10.2. The maximum atomic E-state index is 12.1. The highest BCUT2D eigenvalue weighted by atomic mass is 35.5. The molecule has 1 aliphatic heterocycles. The fraction of sp³-hybridized carbons (Fsp3) is 0.0769. The Morgan fingerprint density at radius 3 is 2.81 bits per heavy atom. The summed E-state index contributed by atoms with van der Waals surface area (Å²) in [5, 5.41) is 3.31. The van der Waals surface area contributed by atoms with Gasteiger partial charge in [0.15, 0.2) is 16.6 Å². The molecule has 1 aromatic carbocycles. The quantitative estimate of drug-likeness (QED) is 0.767. The smallest absolute Gasteiger partial charge is 0.267 e. The Kier molecular flexibility index (Phi) is 2.99. The van der Waals surface area contributed by atoms with Gasteiger partial charge in [0, 0.05) is 12.1 Å². The van der Waals surface area contributed by atoms with E-state index in [0.29, 0.717) is 25.8 Å². The molecule has 3 heterocycles. The van der Waals surface area contributed by atoms with E-state index in [1.807, 2.05) is 12.1 Å². The summed E-state index contributed by atoms with van der Waals surface area (Å²) in [4.78, 5) is 17.0. The van der Waals surface area contributed by atoms with Crippen LogP contribution in [-0.2, 0) is 0 Å². The van der Waals surface area contributed by atoms with Crippen molar-refractivity contribution in [1.82, 2.24) is 4.98 Å². The monoisotopic (exact) mass is 338 g/mol. The summed E-state index contributed by atoms with van der Waals surface area (Å²) in [6.45, 7) is 0.231. The van der Waals surface area contributed by atoms with Gasteiger partial charge in [0.25, 0.3) is 5.91 Å². The molecule has 0 atom stereocenters. The van der Waals surface area contributed by atoms with Crippen LogP contribution in [0.15, 0.2) is 24.3 Å². The first kappa shape index (κ1) is 12.9. The molecule has 0 radical (unpaired) electrons. The predicted molar refractivity (Wildman–Crippen MR) is 83.0 cm³/mol. The summed E-state index contributed by atoms with van der Waals surface area (Å²) in [5.41, 5.74) is 0.767. The molecule has 1 amide bonds. The molecule has 0 unspecified atom stereocenters. The van der Waals surface area contributed by atoms with Crippen LogP contribution in [-0.4, -0.2) is 17.7 Å². The largest absolute Gasteiger partial charge is 0.454 e. The maximum absolute atomic E-state index is 12.1. The summed E-state index contributed by atoms with van der Waals surface area (Å²) in [7, 11) is 0. The van der Waals surface area contributed by atoms with Crippen LogP contribution in [0.1, 0.15) is 9.67 Å². The number of benzene rings is 1. The van der Waals surface area contributed by atoms with Gasteiger partial charge in [0.2, 0.25) is 6.79 Å². The van der Waals surface area contributed by atoms with Crippen LogP contribution in [0, 0.1) is 0 Å². The van der Waals surface area contributed by atoms with E-state index in [4.69, 9.17) is 21.1 Å². The molecule has 1 aliphatic rings. The molecule has 0 bridgehead atoms. The number of thiophene rings is 1. The van der Waals surface area contributed by atoms with Gasteiger partial charge in [-0.05, 0) is 12.1 Å². The third kappa shape index (κ3) is 2.33.